The lowest BCUT2D eigenvalue weighted by atomic mass is 10.1. The molecule has 1 aliphatic rings. The van der Waals surface area contributed by atoms with Crippen molar-refractivity contribution in [3.05, 3.63) is 47.3 Å². The molecule has 1 fully saturated rings. The largest absolute Gasteiger partial charge is 0.475 e. The summed E-state index contributed by atoms with van der Waals surface area (Å²) in [4.78, 5) is 26.9. The van der Waals surface area contributed by atoms with Crippen LogP contribution in [0, 0.1) is 5.92 Å². The van der Waals surface area contributed by atoms with Crippen LogP contribution in [0.4, 0.5) is 18.9 Å². The van der Waals surface area contributed by atoms with E-state index in [0.29, 0.717) is 25.9 Å². The number of benzene rings is 1. The van der Waals surface area contributed by atoms with Crippen molar-refractivity contribution < 1.29 is 27.5 Å². The van der Waals surface area contributed by atoms with E-state index in [9.17, 15) is 22.8 Å². The number of aldehydes is 1. The standard InChI is InChI=1S/C23H28F3N3O3S/c1-16(20-7-8-21(33-20)32-15-23(24,25)26)28-22(31)17-9-11-29(14-17)19(10-12-30)13-27-18-5-3-2-4-6-18/h2-8,12,16-17,19,27H,9-11,13-15H2,1H3,(H,28,31)/t16-,17?,19?/m1/s1. The van der Waals surface area contributed by atoms with Crippen LogP contribution >= 0.6 is 11.3 Å². The van der Waals surface area contributed by atoms with Crippen LogP contribution < -0.4 is 15.4 Å². The van der Waals surface area contributed by atoms with Crippen LogP contribution in [-0.2, 0) is 9.59 Å². The molecule has 10 heteroatoms. The van der Waals surface area contributed by atoms with Gasteiger partial charge in [0.1, 0.15) is 6.29 Å². The van der Waals surface area contributed by atoms with Gasteiger partial charge >= 0.3 is 6.18 Å². The maximum absolute atomic E-state index is 12.8. The van der Waals surface area contributed by atoms with E-state index in [1.165, 1.54) is 6.07 Å². The molecule has 2 heterocycles. The highest BCUT2D eigenvalue weighted by Crippen LogP contribution is 2.31. The van der Waals surface area contributed by atoms with Crippen molar-refractivity contribution in [1.82, 2.24) is 10.2 Å². The summed E-state index contributed by atoms with van der Waals surface area (Å²) in [6, 6.07) is 12.5. The Morgan fingerprint density at radius 3 is 2.73 bits per heavy atom. The van der Waals surface area contributed by atoms with Crippen molar-refractivity contribution in [1.29, 1.82) is 0 Å². The molecule has 1 saturated heterocycles. The molecule has 1 aliphatic heterocycles. The molecule has 2 N–H and O–H groups in total. The molecule has 180 valence electrons. The molecule has 0 saturated carbocycles. The number of amides is 1. The number of likely N-dealkylation sites (tertiary alicyclic amines) is 1. The zero-order chi connectivity index (χ0) is 23.8. The van der Waals surface area contributed by atoms with Crippen molar-refractivity contribution in [3.8, 4) is 5.06 Å². The fourth-order valence-electron chi connectivity index (χ4n) is 3.80. The summed E-state index contributed by atoms with van der Waals surface area (Å²) in [5.41, 5.74) is 0.977. The Balaban J connectivity index is 1.49. The Morgan fingerprint density at radius 2 is 2.03 bits per heavy atom. The molecule has 3 rings (SSSR count). The van der Waals surface area contributed by atoms with E-state index in [4.69, 9.17) is 4.74 Å². The van der Waals surface area contributed by atoms with E-state index in [1.54, 1.807) is 13.0 Å². The highest BCUT2D eigenvalue weighted by Gasteiger charge is 2.33. The second-order valence-corrected chi connectivity index (χ2v) is 9.15. The number of para-hydroxylation sites is 1. The van der Waals surface area contributed by atoms with Gasteiger partial charge in [0.05, 0.1) is 12.0 Å². The fourth-order valence-corrected chi connectivity index (χ4v) is 4.66. The van der Waals surface area contributed by atoms with Crippen LogP contribution in [0.3, 0.4) is 0 Å². The number of thiophene rings is 1. The van der Waals surface area contributed by atoms with Gasteiger partial charge in [-0.25, -0.2) is 0 Å². The van der Waals surface area contributed by atoms with Gasteiger partial charge in [-0.3, -0.25) is 9.69 Å². The van der Waals surface area contributed by atoms with Crippen LogP contribution in [0.15, 0.2) is 42.5 Å². The van der Waals surface area contributed by atoms with E-state index in [1.807, 2.05) is 30.3 Å². The second-order valence-electron chi connectivity index (χ2n) is 8.07. The topological polar surface area (TPSA) is 70.7 Å². The lowest BCUT2D eigenvalue weighted by Crippen LogP contribution is -2.40. The lowest BCUT2D eigenvalue weighted by Gasteiger charge is -2.27. The molecule has 2 unspecified atom stereocenters. The Bertz CT molecular complexity index is 907. The van der Waals surface area contributed by atoms with Gasteiger partial charge in [0.2, 0.25) is 5.91 Å². The number of anilines is 1. The molecule has 2 aromatic rings. The molecule has 1 amide bonds. The summed E-state index contributed by atoms with van der Waals surface area (Å²) in [6.07, 6.45) is -2.43. The number of nitrogens with one attached hydrogen (secondary N) is 2. The number of rotatable bonds is 11. The van der Waals surface area contributed by atoms with Gasteiger partial charge in [-0.05, 0) is 44.2 Å². The average Bonchev–Trinajstić information content (AvgIpc) is 3.45. The van der Waals surface area contributed by atoms with E-state index in [-0.39, 0.29) is 29.0 Å². The molecule has 0 bridgehead atoms. The van der Waals surface area contributed by atoms with Gasteiger partial charge < -0.3 is 20.2 Å². The van der Waals surface area contributed by atoms with E-state index in [2.05, 4.69) is 15.5 Å². The lowest BCUT2D eigenvalue weighted by molar-refractivity contribution is -0.152. The van der Waals surface area contributed by atoms with Crippen molar-refractivity contribution in [2.24, 2.45) is 5.92 Å². The molecule has 0 spiro atoms. The van der Waals surface area contributed by atoms with Crippen LogP contribution in [0.2, 0.25) is 0 Å². The molecule has 0 aliphatic carbocycles. The van der Waals surface area contributed by atoms with Gasteiger partial charge in [-0.1, -0.05) is 18.2 Å². The Labute approximate surface area is 195 Å². The summed E-state index contributed by atoms with van der Waals surface area (Å²) in [5.74, 6) is -0.309. The number of nitrogens with zero attached hydrogens (tertiary/aromatic N) is 1. The molecule has 33 heavy (non-hydrogen) atoms. The molecular formula is C23H28F3N3O3S. The smallest absolute Gasteiger partial charge is 0.422 e. The Morgan fingerprint density at radius 1 is 1.27 bits per heavy atom. The maximum atomic E-state index is 12.8. The molecular weight excluding hydrogens is 455 g/mol. The zero-order valence-corrected chi connectivity index (χ0v) is 19.1. The third kappa shape index (κ3) is 7.75. The monoisotopic (exact) mass is 483 g/mol. The maximum Gasteiger partial charge on any atom is 0.422 e. The number of halogens is 3. The quantitative estimate of drug-likeness (QED) is 0.468. The molecule has 3 atom stereocenters. The van der Waals surface area contributed by atoms with Gasteiger partial charge in [-0.15, -0.1) is 11.3 Å². The predicted molar refractivity (Wildman–Crippen MR) is 122 cm³/mol. The van der Waals surface area contributed by atoms with Crippen molar-refractivity contribution in [2.45, 2.75) is 38.0 Å². The minimum atomic E-state index is -4.39. The predicted octanol–water partition coefficient (Wildman–Crippen LogP) is 4.26. The normalized spacial score (nSPS) is 18.5. The first-order valence-electron chi connectivity index (χ1n) is 10.8. The van der Waals surface area contributed by atoms with Crippen molar-refractivity contribution in [3.63, 3.8) is 0 Å². The number of carbonyl (C=O) groups excluding carboxylic acids is 2. The van der Waals surface area contributed by atoms with Crippen LogP contribution in [0.5, 0.6) is 5.06 Å². The number of hydrogen-bond acceptors (Lipinski definition) is 6. The van der Waals surface area contributed by atoms with Crippen molar-refractivity contribution >= 4 is 29.2 Å². The third-order valence-corrected chi connectivity index (χ3v) is 6.74. The summed E-state index contributed by atoms with van der Waals surface area (Å²) in [6.45, 7) is 2.33. The van der Waals surface area contributed by atoms with Gasteiger partial charge in [-0.2, -0.15) is 13.2 Å². The Hall–Kier alpha value is -2.59. The number of alkyl halides is 3. The second kappa shape index (κ2) is 11.5. The average molecular weight is 484 g/mol. The highest BCUT2D eigenvalue weighted by atomic mass is 32.1. The molecule has 1 aromatic carbocycles. The third-order valence-electron chi connectivity index (χ3n) is 5.56. The highest BCUT2D eigenvalue weighted by molar-refractivity contribution is 7.13. The van der Waals surface area contributed by atoms with Crippen LogP contribution in [0.1, 0.15) is 30.7 Å². The van der Waals surface area contributed by atoms with E-state index >= 15 is 0 Å². The summed E-state index contributed by atoms with van der Waals surface area (Å²) in [5, 5.41) is 6.46. The SMILES string of the molecule is C[C@@H](NC(=O)C1CCN(C(CC=O)CNc2ccccc2)C1)c1ccc(OCC(F)(F)F)s1. The van der Waals surface area contributed by atoms with Crippen LogP contribution in [-0.4, -0.2) is 55.6 Å². The minimum absolute atomic E-state index is 0.0106. The van der Waals surface area contributed by atoms with E-state index in [0.717, 1.165) is 34.7 Å². The first-order valence-corrected chi connectivity index (χ1v) is 11.6. The molecule has 0 radical (unpaired) electrons. The first-order chi connectivity index (χ1) is 15.7. The Kier molecular flexibility index (Phi) is 8.74. The van der Waals surface area contributed by atoms with Gasteiger partial charge in [0.25, 0.3) is 0 Å². The first kappa shape index (κ1) is 25.0. The van der Waals surface area contributed by atoms with Crippen molar-refractivity contribution in [2.75, 3.05) is 31.6 Å². The summed E-state index contributed by atoms with van der Waals surface area (Å²) in [7, 11) is 0. The zero-order valence-electron chi connectivity index (χ0n) is 18.3. The number of hydrogen-bond donors (Lipinski definition) is 2. The summed E-state index contributed by atoms with van der Waals surface area (Å²) < 4.78 is 41.7. The van der Waals surface area contributed by atoms with Crippen LogP contribution in [0.25, 0.3) is 0 Å². The van der Waals surface area contributed by atoms with Gasteiger partial charge in [0.15, 0.2) is 11.7 Å². The van der Waals surface area contributed by atoms with Gasteiger partial charge in [0, 0.05) is 36.1 Å². The van der Waals surface area contributed by atoms with E-state index < -0.39 is 12.8 Å². The minimum Gasteiger partial charge on any atom is -0.475 e. The fraction of sp³-hybridized carbons (Fsp3) is 0.478. The molecule has 1 aromatic heterocycles. The number of carbonyl (C=O) groups is 2. The molecule has 6 nitrogen and oxygen atoms in total. The number of ether oxygens (including phenoxy) is 1. The summed E-state index contributed by atoms with van der Waals surface area (Å²) >= 11 is 1.09.